The number of ether oxygens (including phenoxy) is 1. The summed E-state index contributed by atoms with van der Waals surface area (Å²) >= 11 is 0. The van der Waals surface area contributed by atoms with E-state index in [1.807, 2.05) is 38.4 Å². The number of nitrogens with zero attached hydrogens (tertiary/aromatic N) is 6. The predicted octanol–water partition coefficient (Wildman–Crippen LogP) is 3.23. The molecule has 0 spiro atoms. The number of rotatable bonds is 7. The van der Waals surface area contributed by atoms with E-state index in [-0.39, 0.29) is 6.10 Å². The molecule has 9 nitrogen and oxygen atoms in total. The topological polar surface area (TPSA) is 117 Å². The second-order valence-corrected chi connectivity index (χ2v) is 6.86. The van der Waals surface area contributed by atoms with Crippen LogP contribution in [0.15, 0.2) is 55.2 Å². The van der Waals surface area contributed by atoms with E-state index in [1.54, 1.807) is 35.5 Å². The zero-order chi connectivity index (χ0) is 20.9. The van der Waals surface area contributed by atoms with Crippen LogP contribution >= 0.6 is 0 Å². The Labute approximate surface area is 173 Å². The van der Waals surface area contributed by atoms with Crippen LogP contribution in [0.1, 0.15) is 18.2 Å². The molecule has 2 N–H and O–H groups in total. The molecule has 0 radical (unpaired) electrons. The van der Waals surface area contributed by atoms with Crippen LogP contribution in [-0.4, -0.2) is 36.0 Å². The van der Waals surface area contributed by atoms with Crippen LogP contribution in [0.3, 0.4) is 0 Å². The maximum absolute atomic E-state index is 9.44. The molecule has 0 amide bonds. The third-order valence-electron chi connectivity index (χ3n) is 4.44. The fraction of sp³-hybridized carbons (Fsp3) is 0.190. The van der Waals surface area contributed by atoms with Crippen LogP contribution in [0.4, 0.5) is 11.6 Å². The zero-order valence-electron chi connectivity index (χ0n) is 16.6. The molecular formula is C21H20N8O. The maximum Gasteiger partial charge on any atom is 0.227 e. The van der Waals surface area contributed by atoms with Crippen LogP contribution in [0, 0.1) is 11.3 Å². The van der Waals surface area contributed by atoms with Gasteiger partial charge in [0.05, 0.1) is 17.4 Å². The first-order chi connectivity index (χ1) is 14.6. The Kier molecular flexibility index (Phi) is 5.39. The number of aryl methyl sites for hydroxylation is 1. The van der Waals surface area contributed by atoms with Gasteiger partial charge in [0.1, 0.15) is 17.9 Å². The summed E-state index contributed by atoms with van der Waals surface area (Å²) < 4.78 is 7.74. The molecule has 0 aliphatic carbocycles. The highest BCUT2D eigenvalue weighted by molar-refractivity contribution is 5.66. The molecule has 3 heterocycles. The summed E-state index contributed by atoms with van der Waals surface area (Å²) in [6, 6.07) is 9.53. The van der Waals surface area contributed by atoms with Gasteiger partial charge in [-0.3, -0.25) is 9.78 Å². The fourth-order valence-electron chi connectivity index (χ4n) is 3.01. The Morgan fingerprint density at radius 2 is 2.03 bits per heavy atom. The molecule has 4 rings (SSSR count). The van der Waals surface area contributed by atoms with Gasteiger partial charge >= 0.3 is 0 Å². The van der Waals surface area contributed by atoms with Gasteiger partial charge in [0.2, 0.25) is 5.95 Å². The number of anilines is 2. The van der Waals surface area contributed by atoms with Gasteiger partial charge in [0.15, 0.2) is 0 Å². The molecule has 9 heteroatoms. The summed E-state index contributed by atoms with van der Waals surface area (Å²) in [6.45, 7) is 1.96. The predicted molar refractivity (Wildman–Crippen MR) is 111 cm³/mol. The zero-order valence-corrected chi connectivity index (χ0v) is 16.6. The Morgan fingerprint density at radius 3 is 2.70 bits per heavy atom. The van der Waals surface area contributed by atoms with Gasteiger partial charge in [0.25, 0.3) is 0 Å². The molecule has 0 bridgehead atoms. The van der Waals surface area contributed by atoms with E-state index in [2.05, 4.69) is 36.7 Å². The Balaban J connectivity index is 1.51. The largest absolute Gasteiger partial charge is 0.489 e. The van der Waals surface area contributed by atoms with Gasteiger partial charge in [-0.05, 0) is 30.7 Å². The number of nitrogens with one attached hydrogen (secondary N) is 2. The second kappa shape index (κ2) is 8.45. The first kappa shape index (κ1) is 19.1. The summed E-state index contributed by atoms with van der Waals surface area (Å²) in [7, 11) is 1.84. The number of hydrogen-bond acceptors (Lipinski definition) is 7. The lowest BCUT2D eigenvalue weighted by atomic mass is 10.1. The van der Waals surface area contributed by atoms with Crippen molar-refractivity contribution >= 4 is 11.6 Å². The first-order valence-electron chi connectivity index (χ1n) is 9.38. The maximum atomic E-state index is 9.44. The molecule has 0 aliphatic heterocycles. The number of H-pyrrole nitrogens is 1. The minimum absolute atomic E-state index is 0.130. The summed E-state index contributed by atoms with van der Waals surface area (Å²) in [5.41, 5.74) is 3.95. The molecule has 1 atom stereocenters. The minimum atomic E-state index is -0.130. The Hall–Kier alpha value is -4.19. The molecule has 1 unspecified atom stereocenters. The van der Waals surface area contributed by atoms with E-state index in [9.17, 15) is 5.26 Å². The van der Waals surface area contributed by atoms with Crippen molar-refractivity contribution in [3.05, 3.63) is 66.5 Å². The van der Waals surface area contributed by atoms with Crippen molar-refractivity contribution in [2.45, 2.75) is 19.4 Å². The smallest absolute Gasteiger partial charge is 0.227 e. The number of aromatic nitrogens is 6. The lowest BCUT2D eigenvalue weighted by molar-refractivity contribution is 0.220. The molecule has 0 saturated heterocycles. The van der Waals surface area contributed by atoms with E-state index in [0.717, 1.165) is 22.5 Å². The number of nitriles is 1. The monoisotopic (exact) mass is 400 g/mol. The van der Waals surface area contributed by atoms with Gasteiger partial charge < -0.3 is 10.1 Å². The number of hydrogen-bond donors (Lipinski definition) is 2. The molecule has 0 fully saturated rings. The van der Waals surface area contributed by atoms with E-state index in [0.29, 0.717) is 23.7 Å². The third-order valence-corrected chi connectivity index (χ3v) is 4.44. The number of aromatic amines is 1. The molecule has 1 aromatic carbocycles. The van der Waals surface area contributed by atoms with Gasteiger partial charge in [0, 0.05) is 49.5 Å². The fourth-order valence-corrected chi connectivity index (χ4v) is 3.01. The molecule has 150 valence electrons. The molecule has 30 heavy (non-hydrogen) atoms. The van der Waals surface area contributed by atoms with Gasteiger partial charge in [-0.15, -0.1) is 0 Å². The van der Waals surface area contributed by atoms with Crippen molar-refractivity contribution in [2.75, 3.05) is 5.32 Å². The van der Waals surface area contributed by atoms with E-state index in [4.69, 9.17) is 4.74 Å². The average molecular weight is 400 g/mol. The van der Waals surface area contributed by atoms with Crippen molar-refractivity contribution in [1.29, 1.82) is 5.26 Å². The summed E-state index contributed by atoms with van der Waals surface area (Å²) in [4.78, 5) is 8.73. The van der Waals surface area contributed by atoms with Gasteiger partial charge in [-0.1, -0.05) is 6.07 Å². The van der Waals surface area contributed by atoms with Crippen molar-refractivity contribution in [1.82, 2.24) is 29.9 Å². The van der Waals surface area contributed by atoms with Crippen LogP contribution in [0.2, 0.25) is 0 Å². The molecule has 0 saturated carbocycles. The Bertz CT molecular complexity index is 1160. The van der Waals surface area contributed by atoms with Gasteiger partial charge in [-0.2, -0.15) is 15.5 Å². The normalized spacial score (nSPS) is 11.6. The highest BCUT2D eigenvalue weighted by atomic mass is 16.5. The van der Waals surface area contributed by atoms with Crippen LogP contribution < -0.4 is 10.1 Å². The first-order valence-corrected chi connectivity index (χ1v) is 9.38. The summed E-state index contributed by atoms with van der Waals surface area (Å²) in [6.07, 6.45) is 9.23. The van der Waals surface area contributed by atoms with E-state index in [1.165, 1.54) is 0 Å². The lowest BCUT2D eigenvalue weighted by Gasteiger charge is -2.16. The van der Waals surface area contributed by atoms with Crippen molar-refractivity contribution in [3.8, 4) is 22.9 Å². The quantitative estimate of drug-likeness (QED) is 0.489. The van der Waals surface area contributed by atoms with Crippen molar-refractivity contribution < 1.29 is 4.74 Å². The average Bonchev–Trinajstić information content (AvgIpc) is 3.40. The lowest BCUT2D eigenvalue weighted by Crippen LogP contribution is -2.16. The SMILES string of the molecule is CC(Cc1ccn[nH]1)Oc1cc(-c2cnc(Nc3cnn(C)c3)nc2)ccc1C#N. The van der Waals surface area contributed by atoms with Gasteiger partial charge in [-0.25, -0.2) is 9.97 Å². The summed E-state index contributed by atoms with van der Waals surface area (Å²) in [5, 5.41) is 23.5. The molecular weight excluding hydrogens is 380 g/mol. The molecule has 3 aromatic heterocycles. The van der Waals surface area contributed by atoms with Crippen molar-refractivity contribution in [2.24, 2.45) is 7.05 Å². The third kappa shape index (κ3) is 4.44. The standard InChI is InChI=1S/C21H20N8O/c1-14(7-18-5-6-25-28-18)30-20-8-15(3-4-16(20)9-22)17-10-23-21(24-11-17)27-19-12-26-29(2)13-19/h3-6,8,10-14H,7H2,1-2H3,(H,25,28)(H,23,24,27). The van der Waals surface area contributed by atoms with E-state index >= 15 is 0 Å². The molecule has 4 aromatic rings. The van der Waals surface area contributed by atoms with Crippen LogP contribution in [0.25, 0.3) is 11.1 Å². The minimum Gasteiger partial charge on any atom is -0.489 e. The highest BCUT2D eigenvalue weighted by Crippen LogP contribution is 2.28. The van der Waals surface area contributed by atoms with Crippen LogP contribution in [-0.2, 0) is 13.5 Å². The Morgan fingerprint density at radius 1 is 1.20 bits per heavy atom. The number of benzene rings is 1. The van der Waals surface area contributed by atoms with Crippen LogP contribution in [0.5, 0.6) is 5.75 Å². The van der Waals surface area contributed by atoms with Crippen molar-refractivity contribution in [3.63, 3.8) is 0 Å². The highest BCUT2D eigenvalue weighted by Gasteiger charge is 2.12. The second-order valence-electron chi connectivity index (χ2n) is 6.86. The summed E-state index contributed by atoms with van der Waals surface area (Å²) in [5.74, 6) is 1.00. The molecule has 0 aliphatic rings. The van der Waals surface area contributed by atoms with E-state index < -0.39 is 0 Å².